The Kier molecular flexibility index (Phi) is 10.8. The van der Waals surface area contributed by atoms with Gasteiger partial charge in [-0.25, -0.2) is 8.42 Å². The molecule has 0 aromatic heterocycles. The number of rotatable bonds is 12. The first-order valence-corrected chi connectivity index (χ1v) is 15.2. The van der Waals surface area contributed by atoms with Crippen molar-refractivity contribution in [2.45, 2.75) is 52.1 Å². The van der Waals surface area contributed by atoms with E-state index in [1.807, 2.05) is 20.8 Å². The molecule has 10 heteroatoms. The van der Waals surface area contributed by atoms with Crippen molar-refractivity contribution in [2.24, 2.45) is 5.92 Å². The van der Waals surface area contributed by atoms with Gasteiger partial charge in [-0.05, 0) is 74.2 Å². The molecule has 2 amide bonds. The summed E-state index contributed by atoms with van der Waals surface area (Å²) in [5.74, 6) is 0.00880. The summed E-state index contributed by atoms with van der Waals surface area (Å²) in [5, 5.41) is 3.21. The first-order chi connectivity index (χ1) is 19.3. The van der Waals surface area contributed by atoms with Gasteiger partial charge in [0.1, 0.15) is 18.3 Å². The minimum atomic E-state index is -4.18. The molecule has 41 heavy (non-hydrogen) atoms. The molecule has 0 saturated carbocycles. The highest BCUT2D eigenvalue weighted by molar-refractivity contribution is 7.92. The van der Waals surface area contributed by atoms with Crippen LogP contribution in [0.1, 0.15) is 37.5 Å². The molecule has 1 atom stereocenters. The van der Waals surface area contributed by atoms with Gasteiger partial charge in [0.05, 0.1) is 17.7 Å². The van der Waals surface area contributed by atoms with Crippen LogP contribution in [0.2, 0.25) is 5.02 Å². The number of methoxy groups -OCH3 is 1. The highest BCUT2D eigenvalue weighted by atomic mass is 35.5. The Hall–Kier alpha value is -3.56. The van der Waals surface area contributed by atoms with Crippen LogP contribution in [0.15, 0.2) is 71.6 Å². The molecule has 0 aliphatic heterocycles. The van der Waals surface area contributed by atoms with E-state index in [2.05, 4.69) is 5.32 Å². The lowest BCUT2D eigenvalue weighted by molar-refractivity contribution is -0.139. The van der Waals surface area contributed by atoms with E-state index in [1.54, 1.807) is 69.5 Å². The molecule has 0 fully saturated rings. The lowest BCUT2D eigenvalue weighted by atomic mass is 10.1. The standard InChI is InChI=1S/C31H38ClN3O5S/c1-21(2)18-33-31(37)24(5)34(19-25-10-13-27(40-6)14-11-25)30(36)20-35(29-17-26(32)12-9-23(29)4)41(38,39)28-15-7-22(3)8-16-28/h7-17,21,24H,18-20H2,1-6H3,(H,33,37)/t24-/m1/s1. The number of amides is 2. The summed E-state index contributed by atoms with van der Waals surface area (Å²) in [6.45, 7) is 9.22. The van der Waals surface area contributed by atoms with E-state index in [0.29, 0.717) is 22.9 Å². The molecule has 8 nitrogen and oxygen atoms in total. The number of halogens is 1. The summed E-state index contributed by atoms with van der Waals surface area (Å²) in [4.78, 5) is 28.6. The Bertz CT molecular complexity index is 1460. The maximum Gasteiger partial charge on any atom is 0.264 e. The summed E-state index contributed by atoms with van der Waals surface area (Å²) in [6, 6.07) is 17.6. The number of anilines is 1. The molecule has 0 saturated heterocycles. The summed E-state index contributed by atoms with van der Waals surface area (Å²) in [5.41, 5.74) is 2.57. The Balaban J connectivity index is 2.05. The predicted molar refractivity (Wildman–Crippen MR) is 163 cm³/mol. The van der Waals surface area contributed by atoms with Gasteiger partial charge in [0, 0.05) is 18.1 Å². The van der Waals surface area contributed by atoms with E-state index in [4.69, 9.17) is 16.3 Å². The van der Waals surface area contributed by atoms with E-state index in [-0.39, 0.29) is 29.0 Å². The van der Waals surface area contributed by atoms with Crippen molar-refractivity contribution < 1.29 is 22.7 Å². The minimum absolute atomic E-state index is 0.0414. The lowest BCUT2D eigenvalue weighted by Gasteiger charge is -2.32. The van der Waals surface area contributed by atoms with Crippen LogP contribution >= 0.6 is 11.6 Å². The van der Waals surface area contributed by atoms with Gasteiger partial charge in [0.25, 0.3) is 10.0 Å². The third-order valence-electron chi connectivity index (χ3n) is 6.69. The molecule has 0 bridgehead atoms. The molecule has 0 aliphatic carbocycles. The van der Waals surface area contributed by atoms with Crippen LogP contribution in [0.4, 0.5) is 5.69 Å². The average molecular weight is 600 g/mol. The van der Waals surface area contributed by atoms with Crippen molar-refractivity contribution in [1.29, 1.82) is 0 Å². The van der Waals surface area contributed by atoms with E-state index in [1.165, 1.54) is 23.1 Å². The van der Waals surface area contributed by atoms with Gasteiger partial charge in [-0.1, -0.05) is 61.3 Å². The van der Waals surface area contributed by atoms with E-state index >= 15 is 0 Å². The summed E-state index contributed by atoms with van der Waals surface area (Å²) in [6.07, 6.45) is 0. The van der Waals surface area contributed by atoms with Crippen molar-refractivity contribution >= 4 is 39.1 Å². The third kappa shape index (κ3) is 8.24. The zero-order valence-corrected chi connectivity index (χ0v) is 25.9. The average Bonchev–Trinajstić information content (AvgIpc) is 2.94. The normalized spacial score (nSPS) is 12.1. The predicted octanol–water partition coefficient (Wildman–Crippen LogP) is 5.35. The zero-order valence-electron chi connectivity index (χ0n) is 24.3. The summed E-state index contributed by atoms with van der Waals surface area (Å²) >= 11 is 6.28. The zero-order chi connectivity index (χ0) is 30.3. The quantitative estimate of drug-likeness (QED) is 0.303. The number of aryl methyl sites for hydroxylation is 2. The number of benzene rings is 3. The van der Waals surface area contributed by atoms with Crippen molar-refractivity contribution in [3.63, 3.8) is 0 Å². The molecule has 3 aromatic carbocycles. The summed E-state index contributed by atoms with van der Waals surface area (Å²) in [7, 11) is -2.62. The molecular weight excluding hydrogens is 562 g/mol. The number of carbonyl (C=O) groups is 2. The van der Waals surface area contributed by atoms with Crippen LogP contribution in [-0.4, -0.2) is 51.4 Å². The number of hydrogen-bond acceptors (Lipinski definition) is 5. The molecule has 220 valence electrons. The third-order valence-corrected chi connectivity index (χ3v) is 8.70. The van der Waals surface area contributed by atoms with Crippen molar-refractivity contribution in [3.8, 4) is 5.75 Å². The Morgan fingerprint density at radius 3 is 2.17 bits per heavy atom. The van der Waals surface area contributed by atoms with Gasteiger partial charge >= 0.3 is 0 Å². The first kappa shape index (κ1) is 32.0. The number of ether oxygens (including phenoxy) is 1. The van der Waals surface area contributed by atoms with Crippen LogP contribution in [0.25, 0.3) is 0 Å². The maximum atomic E-state index is 14.0. The molecule has 0 aliphatic rings. The van der Waals surface area contributed by atoms with Crippen molar-refractivity contribution in [3.05, 3.63) is 88.4 Å². The maximum absolute atomic E-state index is 14.0. The Morgan fingerprint density at radius 1 is 0.951 bits per heavy atom. The van der Waals surface area contributed by atoms with Gasteiger partial charge in [0.2, 0.25) is 11.8 Å². The Morgan fingerprint density at radius 2 is 1.59 bits per heavy atom. The van der Waals surface area contributed by atoms with Gasteiger partial charge in [-0.2, -0.15) is 0 Å². The fraction of sp³-hybridized carbons (Fsp3) is 0.355. The topological polar surface area (TPSA) is 96.0 Å². The number of nitrogens with one attached hydrogen (secondary N) is 1. The van der Waals surface area contributed by atoms with Crippen LogP contribution in [0.5, 0.6) is 5.75 Å². The summed E-state index contributed by atoms with van der Waals surface area (Å²) < 4.78 is 34.3. The second-order valence-electron chi connectivity index (χ2n) is 10.4. The van der Waals surface area contributed by atoms with Gasteiger partial charge in [-0.3, -0.25) is 13.9 Å². The number of sulfonamides is 1. The molecule has 3 rings (SSSR count). The fourth-order valence-corrected chi connectivity index (χ4v) is 5.80. The van der Waals surface area contributed by atoms with Crippen LogP contribution in [0.3, 0.4) is 0 Å². The Labute approximate surface area is 248 Å². The van der Waals surface area contributed by atoms with Crippen molar-refractivity contribution in [1.82, 2.24) is 10.2 Å². The number of carbonyl (C=O) groups excluding carboxylic acids is 2. The highest BCUT2D eigenvalue weighted by Crippen LogP contribution is 2.30. The second-order valence-corrected chi connectivity index (χ2v) is 12.7. The van der Waals surface area contributed by atoms with Gasteiger partial charge < -0.3 is 15.0 Å². The molecular formula is C31H38ClN3O5S. The van der Waals surface area contributed by atoms with Gasteiger partial charge in [-0.15, -0.1) is 0 Å². The van der Waals surface area contributed by atoms with Gasteiger partial charge in [0.15, 0.2) is 0 Å². The van der Waals surface area contributed by atoms with E-state index in [9.17, 15) is 18.0 Å². The molecule has 1 N–H and O–H groups in total. The number of nitrogens with zero attached hydrogens (tertiary/aromatic N) is 2. The fourth-order valence-electron chi connectivity index (χ4n) is 4.16. The second kappa shape index (κ2) is 13.9. The van der Waals surface area contributed by atoms with Crippen molar-refractivity contribution in [2.75, 3.05) is 24.5 Å². The molecule has 0 radical (unpaired) electrons. The monoisotopic (exact) mass is 599 g/mol. The molecule has 0 unspecified atom stereocenters. The highest BCUT2D eigenvalue weighted by Gasteiger charge is 2.33. The SMILES string of the molecule is COc1ccc(CN(C(=O)CN(c2cc(Cl)ccc2C)S(=O)(=O)c2ccc(C)cc2)[C@H](C)C(=O)NCC(C)C)cc1. The largest absolute Gasteiger partial charge is 0.497 e. The van der Waals surface area contributed by atoms with E-state index < -0.39 is 28.5 Å². The molecule has 3 aromatic rings. The lowest BCUT2D eigenvalue weighted by Crippen LogP contribution is -2.51. The molecule has 0 heterocycles. The van der Waals surface area contributed by atoms with Crippen LogP contribution in [0, 0.1) is 19.8 Å². The first-order valence-electron chi connectivity index (χ1n) is 13.4. The minimum Gasteiger partial charge on any atom is -0.497 e. The number of hydrogen-bond donors (Lipinski definition) is 1. The van der Waals surface area contributed by atoms with E-state index in [0.717, 1.165) is 15.4 Å². The van der Waals surface area contributed by atoms with Crippen LogP contribution < -0.4 is 14.4 Å². The molecule has 0 spiro atoms. The smallest absolute Gasteiger partial charge is 0.264 e. The van der Waals surface area contributed by atoms with Crippen LogP contribution in [-0.2, 0) is 26.2 Å².